The quantitative estimate of drug-likeness (QED) is 0.234. The third-order valence-electron chi connectivity index (χ3n) is 7.41. The Balaban J connectivity index is 1.29. The first kappa shape index (κ1) is 30.3. The molecule has 2 aromatic rings. The number of aromatic nitrogens is 2. The highest BCUT2D eigenvalue weighted by Crippen LogP contribution is 2.31. The second-order valence-corrected chi connectivity index (χ2v) is 12.2. The van der Waals surface area contributed by atoms with Crippen molar-refractivity contribution < 1.29 is 28.5 Å². The summed E-state index contributed by atoms with van der Waals surface area (Å²) in [5.74, 6) is 0.728. The number of carbonyl (C=O) groups excluding carboxylic acids is 2. The molecule has 12 heteroatoms. The first-order chi connectivity index (χ1) is 20.2. The number of carbonyl (C=O) groups is 2. The van der Waals surface area contributed by atoms with Crippen molar-refractivity contribution >= 4 is 29.6 Å². The largest absolute Gasteiger partial charge is 0.445 e. The SMILES string of the molecule is CC(C)(C)OC(=O)N1CCc2c(nc(Cl)nc2N2CCN(C(=O)OCc3ccccc3)CC2COCCCC2CO2)C1. The number of amides is 2. The lowest BCUT2D eigenvalue weighted by atomic mass is 10.0. The van der Waals surface area contributed by atoms with E-state index in [1.165, 1.54) is 0 Å². The van der Waals surface area contributed by atoms with Crippen LogP contribution in [-0.2, 0) is 38.5 Å². The molecule has 0 radical (unpaired) electrons. The summed E-state index contributed by atoms with van der Waals surface area (Å²) in [5.41, 5.74) is 2.00. The van der Waals surface area contributed by atoms with E-state index in [0.29, 0.717) is 57.6 Å². The van der Waals surface area contributed by atoms with Crippen molar-refractivity contribution in [2.45, 2.75) is 70.9 Å². The predicted octanol–water partition coefficient (Wildman–Crippen LogP) is 4.45. The van der Waals surface area contributed by atoms with Crippen LogP contribution in [0.25, 0.3) is 0 Å². The minimum absolute atomic E-state index is 0.114. The van der Waals surface area contributed by atoms with E-state index in [1.54, 1.807) is 9.80 Å². The average Bonchev–Trinajstić information content (AvgIpc) is 3.79. The number of rotatable bonds is 9. The fraction of sp³-hybridized carbons (Fsp3) is 0.600. The van der Waals surface area contributed by atoms with Crippen molar-refractivity contribution in [3.63, 3.8) is 0 Å². The Labute approximate surface area is 252 Å². The molecule has 0 N–H and O–H groups in total. The van der Waals surface area contributed by atoms with Crippen LogP contribution in [0.4, 0.5) is 15.4 Å². The number of halogens is 1. The zero-order valence-electron chi connectivity index (χ0n) is 24.6. The number of anilines is 1. The van der Waals surface area contributed by atoms with Gasteiger partial charge in [0.2, 0.25) is 5.28 Å². The molecular formula is C30H40ClN5O6. The molecule has 3 aliphatic rings. The highest BCUT2D eigenvalue weighted by atomic mass is 35.5. The van der Waals surface area contributed by atoms with Gasteiger partial charge in [0.1, 0.15) is 18.0 Å². The van der Waals surface area contributed by atoms with Gasteiger partial charge in [0.15, 0.2) is 0 Å². The van der Waals surface area contributed by atoms with Crippen LogP contribution in [0.15, 0.2) is 30.3 Å². The van der Waals surface area contributed by atoms with Crippen LogP contribution in [0.5, 0.6) is 0 Å². The molecule has 1 aromatic carbocycles. The summed E-state index contributed by atoms with van der Waals surface area (Å²) < 4.78 is 22.6. The molecule has 228 valence electrons. The molecule has 1 aromatic heterocycles. The molecule has 42 heavy (non-hydrogen) atoms. The van der Waals surface area contributed by atoms with E-state index in [0.717, 1.165) is 36.4 Å². The minimum atomic E-state index is -0.591. The van der Waals surface area contributed by atoms with E-state index < -0.39 is 5.60 Å². The lowest BCUT2D eigenvalue weighted by Crippen LogP contribution is -2.57. The van der Waals surface area contributed by atoms with E-state index in [4.69, 9.17) is 30.5 Å². The Hall–Kier alpha value is -3.15. The van der Waals surface area contributed by atoms with Crippen molar-refractivity contribution in [3.05, 3.63) is 52.4 Å². The highest BCUT2D eigenvalue weighted by Gasteiger charge is 2.36. The molecule has 0 saturated carbocycles. The van der Waals surface area contributed by atoms with E-state index in [-0.39, 0.29) is 36.7 Å². The topological polar surface area (TPSA) is 110 Å². The van der Waals surface area contributed by atoms with Crippen LogP contribution >= 0.6 is 11.6 Å². The van der Waals surface area contributed by atoms with Gasteiger partial charge in [-0.05, 0) is 57.2 Å². The lowest BCUT2D eigenvalue weighted by Gasteiger charge is -2.43. The molecular weight excluding hydrogens is 562 g/mol. The van der Waals surface area contributed by atoms with E-state index >= 15 is 0 Å². The van der Waals surface area contributed by atoms with Crippen LogP contribution in [0.2, 0.25) is 5.28 Å². The number of hydrogen-bond donors (Lipinski definition) is 0. The molecule has 5 rings (SSSR count). The van der Waals surface area contributed by atoms with Crippen LogP contribution in [0.3, 0.4) is 0 Å². The smallest absolute Gasteiger partial charge is 0.410 e. The number of piperazine rings is 1. The summed E-state index contributed by atoms with van der Waals surface area (Å²) >= 11 is 6.43. The van der Waals surface area contributed by atoms with E-state index in [9.17, 15) is 9.59 Å². The van der Waals surface area contributed by atoms with Gasteiger partial charge in [-0.3, -0.25) is 0 Å². The van der Waals surface area contributed by atoms with Crippen LogP contribution in [0.1, 0.15) is 50.4 Å². The molecule has 2 saturated heterocycles. The Kier molecular flexibility index (Phi) is 9.70. The van der Waals surface area contributed by atoms with Crippen molar-refractivity contribution in [3.8, 4) is 0 Å². The maximum atomic E-state index is 13.0. The first-order valence-electron chi connectivity index (χ1n) is 14.6. The van der Waals surface area contributed by atoms with Gasteiger partial charge >= 0.3 is 12.2 Å². The second-order valence-electron chi connectivity index (χ2n) is 11.9. The lowest BCUT2D eigenvalue weighted by molar-refractivity contribution is 0.0220. The predicted molar refractivity (Wildman–Crippen MR) is 157 cm³/mol. The molecule has 3 aliphatic heterocycles. The Bertz CT molecular complexity index is 1240. The van der Waals surface area contributed by atoms with Crippen LogP contribution in [0, 0.1) is 0 Å². The number of ether oxygens (including phenoxy) is 4. The molecule has 2 amide bonds. The monoisotopic (exact) mass is 601 g/mol. The fourth-order valence-electron chi connectivity index (χ4n) is 5.22. The fourth-order valence-corrected chi connectivity index (χ4v) is 5.40. The highest BCUT2D eigenvalue weighted by molar-refractivity contribution is 6.28. The maximum absolute atomic E-state index is 13.0. The zero-order valence-corrected chi connectivity index (χ0v) is 25.3. The summed E-state index contributed by atoms with van der Waals surface area (Å²) in [6.45, 7) is 9.78. The van der Waals surface area contributed by atoms with Crippen molar-refractivity contribution in [1.29, 1.82) is 0 Å². The van der Waals surface area contributed by atoms with Gasteiger partial charge in [-0.25, -0.2) is 19.6 Å². The summed E-state index contributed by atoms with van der Waals surface area (Å²) in [6.07, 6.45) is 2.09. The van der Waals surface area contributed by atoms with Crippen molar-refractivity contribution in [2.24, 2.45) is 0 Å². The van der Waals surface area contributed by atoms with Gasteiger partial charge in [-0.15, -0.1) is 0 Å². The number of nitrogens with zero attached hydrogens (tertiary/aromatic N) is 5. The van der Waals surface area contributed by atoms with Crippen molar-refractivity contribution in [2.75, 3.05) is 50.9 Å². The summed E-state index contributed by atoms with van der Waals surface area (Å²) in [4.78, 5) is 40.5. The van der Waals surface area contributed by atoms with Gasteiger partial charge in [-0.1, -0.05) is 30.3 Å². The molecule has 2 atom stereocenters. The molecule has 0 aliphatic carbocycles. The average molecular weight is 602 g/mol. The Morgan fingerprint density at radius 3 is 2.60 bits per heavy atom. The Morgan fingerprint density at radius 1 is 1.07 bits per heavy atom. The Morgan fingerprint density at radius 2 is 1.86 bits per heavy atom. The van der Waals surface area contributed by atoms with Gasteiger partial charge in [0, 0.05) is 38.3 Å². The molecule has 11 nitrogen and oxygen atoms in total. The standard InChI is InChI=1S/C30H40ClN5O6/c1-30(2,3)42-29(38)34-12-11-24-25(17-34)32-27(31)33-26(24)36-14-13-35(28(37)41-18-21-8-5-4-6-9-21)16-22(36)19-39-15-7-10-23-20-40-23/h4-6,8-9,22-23H,7,10-20H2,1-3H3. The molecule has 2 unspecified atom stereocenters. The van der Waals surface area contributed by atoms with Crippen molar-refractivity contribution in [1.82, 2.24) is 19.8 Å². The third-order valence-corrected chi connectivity index (χ3v) is 7.58. The number of fused-ring (bicyclic) bond motifs is 1. The summed E-state index contributed by atoms with van der Waals surface area (Å²) in [5, 5.41) is 0.114. The van der Waals surface area contributed by atoms with E-state index in [1.807, 2.05) is 51.1 Å². The summed E-state index contributed by atoms with van der Waals surface area (Å²) in [6, 6.07) is 9.47. The summed E-state index contributed by atoms with van der Waals surface area (Å²) in [7, 11) is 0. The maximum Gasteiger partial charge on any atom is 0.410 e. The normalized spacial score (nSPS) is 20.2. The molecule has 0 spiro atoms. The van der Waals surface area contributed by atoms with E-state index in [2.05, 4.69) is 14.9 Å². The number of epoxide rings is 1. The number of hydrogen-bond acceptors (Lipinski definition) is 9. The van der Waals surface area contributed by atoms with Gasteiger partial charge in [0.25, 0.3) is 0 Å². The third kappa shape index (κ3) is 8.23. The first-order valence-corrected chi connectivity index (χ1v) is 15.0. The molecule has 0 bridgehead atoms. The van der Waals surface area contributed by atoms with Gasteiger partial charge in [-0.2, -0.15) is 0 Å². The van der Waals surface area contributed by atoms with Gasteiger partial charge in [0.05, 0.1) is 37.6 Å². The minimum Gasteiger partial charge on any atom is -0.445 e. The molecule has 2 fully saturated rings. The molecule has 4 heterocycles. The number of benzene rings is 1. The second kappa shape index (κ2) is 13.4. The van der Waals surface area contributed by atoms with Crippen LogP contribution < -0.4 is 4.90 Å². The zero-order chi connectivity index (χ0) is 29.7. The van der Waals surface area contributed by atoms with Crippen LogP contribution in [-0.4, -0.2) is 95.7 Å². The van der Waals surface area contributed by atoms with Gasteiger partial charge < -0.3 is 33.6 Å².